The second kappa shape index (κ2) is 5.64. The average Bonchev–Trinajstić information content (AvgIpc) is 2.96. The Morgan fingerprint density at radius 1 is 1.45 bits per heavy atom. The molecule has 5 heteroatoms. The molecule has 3 aromatic rings. The number of hydrogen-bond donors (Lipinski definition) is 1. The molecule has 1 unspecified atom stereocenters. The van der Waals surface area contributed by atoms with Crippen molar-refractivity contribution in [3.8, 4) is 5.75 Å². The molecule has 104 valence electrons. The van der Waals surface area contributed by atoms with Crippen molar-refractivity contribution in [1.29, 1.82) is 0 Å². The standard InChI is InChI=1S/C15H17N3OS/c1-11(16)7-12-3-2-4-14(8-12)19-10-13-9-18-5-6-20-15(18)17-13/h2-6,8-9,11H,7,10,16H2,1H3. The van der Waals surface area contributed by atoms with Crippen molar-refractivity contribution in [2.24, 2.45) is 5.73 Å². The summed E-state index contributed by atoms with van der Waals surface area (Å²) in [6, 6.07) is 8.23. The third kappa shape index (κ3) is 3.00. The molecule has 4 nitrogen and oxygen atoms in total. The molecule has 0 spiro atoms. The van der Waals surface area contributed by atoms with Crippen LogP contribution in [-0.2, 0) is 13.0 Å². The first-order valence-electron chi connectivity index (χ1n) is 6.59. The van der Waals surface area contributed by atoms with Gasteiger partial charge in [0.1, 0.15) is 12.4 Å². The first kappa shape index (κ1) is 13.1. The third-order valence-corrected chi connectivity index (χ3v) is 3.76. The molecule has 0 aliphatic heterocycles. The topological polar surface area (TPSA) is 52.5 Å². The van der Waals surface area contributed by atoms with Gasteiger partial charge in [-0.15, -0.1) is 11.3 Å². The third-order valence-electron chi connectivity index (χ3n) is 2.99. The zero-order valence-electron chi connectivity index (χ0n) is 11.3. The maximum absolute atomic E-state index is 5.82. The Labute approximate surface area is 121 Å². The SMILES string of the molecule is CC(N)Cc1cccc(OCc2cn3ccsc3n2)c1. The predicted molar refractivity (Wildman–Crippen MR) is 81.2 cm³/mol. The van der Waals surface area contributed by atoms with Gasteiger partial charge >= 0.3 is 0 Å². The van der Waals surface area contributed by atoms with Gasteiger partial charge in [-0.05, 0) is 31.0 Å². The molecule has 0 aliphatic rings. The molecule has 0 saturated carbocycles. The summed E-state index contributed by atoms with van der Waals surface area (Å²) in [6.45, 7) is 2.49. The van der Waals surface area contributed by atoms with Gasteiger partial charge in [0.25, 0.3) is 0 Å². The van der Waals surface area contributed by atoms with Crippen LogP contribution in [0.25, 0.3) is 4.96 Å². The van der Waals surface area contributed by atoms with Crippen molar-refractivity contribution in [1.82, 2.24) is 9.38 Å². The summed E-state index contributed by atoms with van der Waals surface area (Å²) >= 11 is 1.62. The van der Waals surface area contributed by atoms with Crippen molar-refractivity contribution in [2.75, 3.05) is 0 Å². The first-order valence-corrected chi connectivity index (χ1v) is 7.47. The molecule has 0 fully saturated rings. The Morgan fingerprint density at radius 3 is 3.15 bits per heavy atom. The number of aromatic nitrogens is 2. The van der Waals surface area contributed by atoms with Crippen molar-refractivity contribution in [3.63, 3.8) is 0 Å². The molecule has 2 N–H and O–H groups in total. The highest BCUT2D eigenvalue weighted by molar-refractivity contribution is 7.15. The number of imidazole rings is 1. The number of nitrogens with two attached hydrogens (primary N) is 1. The Bertz CT molecular complexity index is 673. The molecule has 2 aromatic heterocycles. The van der Waals surface area contributed by atoms with Gasteiger partial charge in [-0.1, -0.05) is 12.1 Å². The lowest BCUT2D eigenvalue weighted by molar-refractivity contribution is 0.301. The Kier molecular flexibility index (Phi) is 3.71. The van der Waals surface area contributed by atoms with E-state index >= 15 is 0 Å². The van der Waals surface area contributed by atoms with Crippen LogP contribution in [0.1, 0.15) is 18.2 Å². The van der Waals surface area contributed by atoms with Gasteiger partial charge in [-0.3, -0.25) is 4.40 Å². The minimum Gasteiger partial charge on any atom is -0.487 e. The van der Waals surface area contributed by atoms with E-state index in [2.05, 4.69) is 11.1 Å². The van der Waals surface area contributed by atoms with Gasteiger partial charge in [0.2, 0.25) is 0 Å². The van der Waals surface area contributed by atoms with Crippen LogP contribution in [0.2, 0.25) is 0 Å². The van der Waals surface area contributed by atoms with E-state index in [-0.39, 0.29) is 6.04 Å². The Hall–Kier alpha value is -1.85. The van der Waals surface area contributed by atoms with E-state index in [0.717, 1.165) is 22.8 Å². The molecule has 0 saturated heterocycles. The molecule has 1 aromatic carbocycles. The zero-order chi connectivity index (χ0) is 13.9. The minimum atomic E-state index is 0.158. The minimum absolute atomic E-state index is 0.158. The van der Waals surface area contributed by atoms with Crippen LogP contribution < -0.4 is 10.5 Å². The average molecular weight is 287 g/mol. The van der Waals surface area contributed by atoms with Crippen LogP contribution in [0.5, 0.6) is 5.75 Å². The fourth-order valence-corrected chi connectivity index (χ4v) is 2.86. The van der Waals surface area contributed by atoms with Gasteiger partial charge in [-0.25, -0.2) is 4.98 Å². The zero-order valence-corrected chi connectivity index (χ0v) is 12.1. The lowest BCUT2D eigenvalue weighted by Crippen LogP contribution is -2.17. The predicted octanol–water partition coefficient (Wildman–Crippen LogP) is 2.86. The van der Waals surface area contributed by atoms with E-state index in [4.69, 9.17) is 10.5 Å². The largest absolute Gasteiger partial charge is 0.487 e. The maximum Gasteiger partial charge on any atom is 0.193 e. The molecule has 1 atom stereocenters. The molecular weight excluding hydrogens is 270 g/mol. The van der Waals surface area contributed by atoms with E-state index in [9.17, 15) is 0 Å². The summed E-state index contributed by atoms with van der Waals surface area (Å²) in [5.74, 6) is 0.861. The summed E-state index contributed by atoms with van der Waals surface area (Å²) < 4.78 is 7.81. The highest BCUT2D eigenvalue weighted by atomic mass is 32.1. The first-order chi connectivity index (χ1) is 9.70. The molecule has 3 rings (SSSR count). The normalized spacial score (nSPS) is 12.7. The highest BCUT2D eigenvalue weighted by Crippen LogP contribution is 2.17. The van der Waals surface area contributed by atoms with Crippen LogP contribution in [-0.4, -0.2) is 15.4 Å². The van der Waals surface area contributed by atoms with Gasteiger partial charge in [0, 0.05) is 23.8 Å². The fourth-order valence-electron chi connectivity index (χ4n) is 2.14. The van der Waals surface area contributed by atoms with E-state index < -0.39 is 0 Å². The highest BCUT2D eigenvalue weighted by Gasteiger charge is 2.04. The number of rotatable bonds is 5. The summed E-state index contributed by atoms with van der Waals surface area (Å²) in [5.41, 5.74) is 7.96. The second-order valence-corrected chi connectivity index (χ2v) is 5.82. The molecule has 0 radical (unpaired) electrons. The van der Waals surface area contributed by atoms with Crippen LogP contribution in [0.4, 0.5) is 0 Å². The smallest absolute Gasteiger partial charge is 0.193 e. The Morgan fingerprint density at radius 2 is 2.35 bits per heavy atom. The van der Waals surface area contributed by atoms with Crippen LogP contribution >= 0.6 is 11.3 Å². The monoisotopic (exact) mass is 287 g/mol. The Balaban J connectivity index is 1.67. The number of nitrogens with zero attached hydrogens (tertiary/aromatic N) is 2. The molecule has 0 aliphatic carbocycles. The van der Waals surface area contributed by atoms with E-state index in [0.29, 0.717) is 6.61 Å². The van der Waals surface area contributed by atoms with E-state index in [1.165, 1.54) is 5.56 Å². The van der Waals surface area contributed by atoms with Crippen molar-refractivity contribution in [3.05, 3.63) is 53.3 Å². The van der Waals surface area contributed by atoms with Gasteiger partial charge in [0.05, 0.1) is 5.69 Å². The van der Waals surface area contributed by atoms with Crippen molar-refractivity contribution < 1.29 is 4.74 Å². The summed E-state index contributed by atoms with van der Waals surface area (Å²) in [4.78, 5) is 5.49. The molecule has 0 bridgehead atoms. The number of fused-ring (bicyclic) bond motifs is 1. The summed E-state index contributed by atoms with van der Waals surface area (Å²) in [7, 11) is 0. The van der Waals surface area contributed by atoms with Crippen molar-refractivity contribution in [2.45, 2.75) is 26.0 Å². The van der Waals surface area contributed by atoms with E-state index in [1.54, 1.807) is 11.3 Å². The maximum atomic E-state index is 5.82. The van der Waals surface area contributed by atoms with Crippen molar-refractivity contribution >= 4 is 16.3 Å². The number of ether oxygens (including phenoxy) is 1. The fraction of sp³-hybridized carbons (Fsp3) is 0.267. The molecule has 2 heterocycles. The number of benzene rings is 1. The van der Waals surface area contributed by atoms with Gasteiger partial charge in [-0.2, -0.15) is 0 Å². The number of hydrogen-bond acceptors (Lipinski definition) is 4. The summed E-state index contributed by atoms with van der Waals surface area (Å²) in [6.07, 6.45) is 4.86. The van der Waals surface area contributed by atoms with Crippen LogP contribution in [0.3, 0.4) is 0 Å². The molecule has 0 amide bonds. The quantitative estimate of drug-likeness (QED) is 0.785. The molecular formula is C15H17N3OS. The molecule has 20 heavy (non-hydrogen) atoms. The number of thiazole rings is 1. The lowest BCUT2D eigenvalue weighted by atomic mass is 10.1. The van der Waals surface area contributed by atoms with Gasteiger partial charge in [0.15, 0.2) is 4.96 Å². The van der Waals surface area contributed by atoms with E-state index in [1.807, 2.05) is 47.3 Å². The van der Waals surface area contributed by atoms with Crippen LogP contribution in [0.15, 0.2) is 42.0 Å². The van der Waals surface area contributed by atoms with Crippen LogP contribution in [0, 0.1) is 0 Å². The van der Waals surface area contributed by atoms with Gasteiger partial charge < -0.3 is 10.5 Å². The summed E-state index contributed by atoms with van der Waals surface area (Å²) in [5, 5.41) is 2.02. The lowest BCUT2D eigenvalue weighted by Gasteiger charge is -2.08. The second-order valence-electron chi connectivity index (χ2n) is 4.94.